The molecule has 0 bridgehead atoms. The largest absolute Gasteiger partial charge is 0.872 e. The SMILES string of the molecule is O=C(NCc1cc([N+](=O)[O-])ccc1[O-])c1ccc(Cn2nnc3ccccc32)cc1. The molecule has 30 heavy (non-hydrogen) atoms. The van der Waals surface area contributed by atoms with Crippen molar-refractivity contribution in [2.45, 2.75) is 13.1 Å². The standard InChI is InChI=1S/C21H17N5O4/c27-20-10-9-17(26(29)30)11-16(20)12-22-21(28)15-7-5-14(6-8-15)13-25-19-4-2-1-3-18(19)23-24-25/h1-11,27H,12-13H2,(H,22,28)/p-1. The van der Waals surface area contributed by atoms with E-state index in [1.165, 1.54) is 6.07 Å². The van der Waals surface area contributed by atoms with Gasteiger partial charge in [-0.3, -0.25) is 14.9 Å². The van der Waals surface area contributed by atoms with Gasteiger partial charge >= 0.3 is 0 Å². The summed E-state index contributed by atoms with van der Waals surface area (Å²) in [4.78, 5) is 22.6. The smallest absolute Gasteiger partial charge is 0.269 e. The number of rotatable bonds is 6. The van der Waals surface area contributed by atoms with Gasteiger partial charge in [0.25, 0.3) is 11.6 Å². The molecule has 4 rings (SSSR count). The van der Waals surface area contributed by atoms with Gasteiger partial charge in [0.15, 0.2) is 0 Å². The fraction of sp³-hybridized carbons (Fsp3) is 0.0952. The van der Waals surface area contributed by atoms with Crippen molar-refractivity contribution in [3.8, 4) is 5.75 Å². The molecule has 4 aromatic rings. The Morgan fingerprint density at radius 3 is 2.60 bits per heavy atom. The van der Waals surface area contributed by atoms with E-state index in [1.807, 2.05) is 36.4 Å². The van der Waals surface area contributed by atoms with Crippen molar-refractivity contribution in [2.75, 3.05) is 0 Å². The molecule has 1 amide bonds. The number of non-ortho nitro benzene ring substituents is 1. The summed E-state index contributed by atoms with van der Waals surface area (Å²) in [7, 11) is 0. The van der Waals surface area contributed by atoms with E-state index in [4.69, 9.17) is 0 Å². The lowest BCUT2D eigenvalue weighted by atomic mass is 10.1. The fourth-order valence-corrected chi connectivity index (χ4v) is 3.06. The zero-order valence-corrected chi connectivity index (χ0v) is 15.7. The van der Waals surface area contributed by atoms with Crippen molar-refractivity contribution in [3.63, 3.8) is 0 Å². The number of aromatic nitrogens is 3. The quantitative estimate of drug-likeness (QED) is 0.390. The van der Waals surface area contributed by atoms with Gasteiger partial charge in [-0.1, -0.05) is 35.5 Å². The molecule has 0 atom stereocenters. The molecule has 0 saturated carbocycles. The van der Waals surface area contributed by atoms with E-state index in [2.05, 4.69) is 15.6 Å². The monoisotopic (exact) mass is 402 g/mol. The third-order valence-corrected chi connectivity index (χ3v) is 4.66. The van der Waals surface area contributed by atoms with Gasteiger partial charge in [-0.05, 0) is 35.4 Å². The molecule has 0 aliphatic heterocycles. The summed E-state index contributed by atoms with van der Waals surface area (Å²) in [6.45, 7) is 0.418. The van der Waals surface area contributed by atoms with E-state index in [-0.39, 0.29) is 29.5 Å². The summed E-state index contributed by atoms with van der Waals surface area (Å²) in [6, 6.07) is 18.1. The van der Waals surface area contributed by atoms with Crippen molar-refractivity contribution >= 4 is 22.6 Å². The molecular weight excluding hydrogens is 386 g/mol. The highest BCUT2D eigenvalue weighted by Gasteiger charge is 2.10. The fourth-order valence-electron chi connectivity index (χ4n) is 3.06. The van der Waals surface area contributed by atoms with Crippen LogP contribution < -0.4 is 10.4 Å². The zero-order chi connectivity index (χ0) is 21.1. The van der Waals surface area contributed by atoms with Crippen LogP contribution in [0.25, 0.3) is 11.0 Å². The van der Waals surface area contributed by atoms with Gasteiger partial charge < -0.3 is 10.4 Å². The molecule has 1 aromatic heterocycles. The molecule has 0 radical (unpaired) electrons. The Labute approximate surface area is 170 Å². The van der Waals surface area contributed by atoms with E-state index in [0.717, 1.165) is 28.7 Å². The molecule has 150 valence electrons. The lowest BCUT2D eigenvalue weighted by Crippen LogP contribution is -2.23. The van der Waals surface area contributed by atoms with Crippen LogP contribution in [0, 0.1) is 10.1 Å². The minimum atomic E-state index is -0.582. The third kappa shape index (κ3) is 3.95. The summed E-state index contributed by atoms with van der Waals surface area (Å²) in [6.07, 6.45) is 0. The predicted octanol–water partition coefficient (Wildman–Crippen LogP) is 2.39. The highest BCUT2D eigenvalue weighted by atomic mass is 16.6. The van der Waals surface area contributed by atoms with Gasteiger partial charge in [0.1, 0.15) is 5.52 Å². The van der Waals surface area contributed by atoms with E-state index in [1.54, 1.807) is 16.8 Å². The topological polar surface area (TPSA) is 126 Å². The number of para-hydroxylation sites is 1. The van der Waals surface area contributed by atoms with Gasteiger partial charge in [0, 0.05) is 24.2 Å². The van der Waals surface area contributed by atoms with Gasteiger partial charge in [0.2, 0.25) is 0 Å². The highest BCUT2D eigenvalue weighted by Crippen LogP contribution is 2.20. The first kappa shape index (κ1) is 19.1. The molecule has 0 aliphatic carbocycles. The number of nitrogens with zero attached hydrogens (tertiary/aromatic N) is 4. The average molecular weight is 402 g/mol. The van der Waals surface area contributed by atoms with Crippen LogP contribution in [-0.4, -0.2) is 25.8 Å². The number of fused-ring (bicyclic) bond motifs is 1. The lowest BCUT2D eigenvalue weighted by Gasteiger charge is -2.13. The zero-order valence-electron chi connectivity index (χ0n) is 15.7. The first-order valence-electron chi connectivity index (χ1n) is 9.11. The second kappa shape index (κ2) is 8.00. The van der Waals surface area contributed by atoms with E-state index in [0.29, 0.717) is 12.1 Å². The first-order valence-corrected chi connectivity index (χ1v) is 9.11. The first-order chi connectivity index (χ1) is 14.5. The molecule has 0 saturated heterocycles. The van der Waals surface area contributed by atoms with Crippen LogP contribution in [0.4, 0.5) is 5.69 Å². The Bertz CT molecular complexity index is 1230. The van der Waals surface area contributed by atoms with Crippen molar-refractivity contribution in [1.82, 2.24) is 20.3 Å². The van der Waals surface area contributed by atoms with Crippen LogP contribution in [0.3, 0.4) is 0 Å². The number of nitrogens with one attached hydrogen (secondary N) is 1. The van der Waals surface area contributed by atoms with Crippen LogP contribution in [0.2, 0.25) is 0 Å². The molecule has 0 aliphatic rings. The number of amides is 1. The maximum Gasteiger partial charge on any atom is 0.269 e. The number of hydrogen-bond acceptors (Lipinski definition) is 6. The maximum absolute atomic E-state index is 12.4. The highest BCUT2D eigenvalue weighted by molar-refractivity contribution is 5.94. The molecular formula is C21H16N5O4-. The van der Waals surface area contributed by atoms with Gasteiger partial charge in [-0.2, -0.15) is 0 Å². The minimum absolute atomic E-state index is 0.0912. The Morgan fingerprint density at radius 1 is 1.07 bits per heavy atom. The lowest BCUT2D eigenvalue weighted by molar-refractivity contribution is -0.385. The summed E-state index contributed by atoms with van der Waals surface area (Å²) in [5.74, 6) is -0.741. The number of benzene rings is 3. The number of nitro groups is 1. The maximum atomic E-state index is 12.4. The summed E-state index contributed by atoms with van der Waals surface area (Å²) in [5, 5.41) is 33.6. The van der Waals surface area contributed by atoms with Crippen LogP contribution in [-0.2, 0) is 13.1 Å². The van der Waals surface area contributed by atoms with Crippen molar-refractivity contribution in [1.29, 1.82) is 0 Å². The van der Waals surface area contributed by atoms with E-state index >= 15 is 0 Å². The predicted molar refractivity (Wildman–Crippen MR) is 107 cm³/mol. The molecule has 0 unspecified atom stereocenters. The molecule has 1 heterocycles. The second-order valence-corrected chi connectivity index (χ2v) is 6.66. The van der Waals surface area contributed by atoms with Crippen LogP contribution in [0.5, 0.6) is 5.75 Å². The second-order valence-electron chi connectivity index (χ2n) is 6.66. The van der Waals surface area contributed by atoms with Crippen molar-refractivity contribution in [3.05, 3.63) is 93.5 Å². The molecule has 0 fully saturated rings. The van der Waals surface area contributed by atoms with E-state index in [9.17, 15) is 20.0 Å². The van der Waals surface area contributed by atoms with Gasteiger partial charge in [-0.25, -0.2) is 4.68 Å². The molecule has 9 nitrogen and oxygen atoms in total. The number of carbonyl (C=O) groups excluding carboxylic acids is 1. The van der Waals surface area contributed by atoms with Crippen LogP contribution >= 0.6 is 0 Å². The van der Waals surface area contributed by atoms with E-state index < -0.39 is 4.92 Å². The summed E-state index contributed by atoms with van der Waals surface area (Å²) < 4.78 is 1.78. The summed E-state index contributed by atoms with van der Waals surface area (Å²) in [5.41, 5.74) is 3.07. The average Bonchev–Trinajstić information content (AvgIpc) is 3.16. The van der Waals surface area contributed by atoms with Crippen LogP contribution in [0.15, 0.2) is 66.7 Å². The van der Waals surface area contributed by atoms with Gasteiger partial charge in [-0.15, -0.1) is 10.8 Å². The van der Waals surface area contributed by atoms with Crippen LogP contribution in [0.1, 0.15) is 21.5 Å². The molecule has 0 spiro atoms. The Morgan fingerprint density at radius 2 is 1.83 bits per heavy atom. The molecule has 1 N–H and O–H groups in total. The molecule has 3 aromatic carbocycles. The number of nitro benzene ring substituents is 1. The molecule has 9 heteroatoms. The third-order valence-electron chi connectivity index (χ3n) is 4.66. The number of hydrogen-bond donors (Lipinski definition) is 1. The Balaban J connectivity index is 1.42. The number of carbonyl (C=O) groups is 1. The Hall–Kier alpha value is -4.27. The Kier molecular flexibility index (Phi) is 5.08. The van der Waals surface area contributed by atoms with Crippen molar-refractivity contribution < 1.29 is 14.8 Å². The minimum Gasteiger partial charge on any atom is -0.872 e. The normalized spacial score (nSPS) is 10.8. The van der Waals surface area contributed by atoms with Crippen molar-refractivity contribution in [2.24, 2.45) is 0 Å². The van der Waals surface area contributed by atoms with Gasteiger partial charge in [0.05, 0.1) is 17.0 Å². The summed E-state index contributed by atoms with van der Waals surface area (Å²) >= 11 is 0.